The van der Waals surface area contributed by atoms with Gasteiger partial charge in [0.2, 0.25) is 11.6 Å². The van der Waals surface area contributed by atoms with E-state index in [0.717, 1.165) is 34.9 Å². The fraction of sp³-hybridized carbons (Fsp3) is 0.483. The number of fused-ring (bicyclic) bond motifs is 1. The molecule has 3 heterocycles. The normalized spacial score (nSPS) is 20.8. The lowest BCUT2D eigenvalue weighted by atomic mass is 9.80. The Morgan fingerprint density at radius 1 is 1.13 bits per heavy atom. The molecule has 38 heavy (non-hydrogen) atoms. The van der Waals surface area contributed by atoms with Crippen molar-refractivity contribution in [2.75, 3.05) is 5.32 Å². The number of nitrogens with zero attached hydrogens (tertiary/aromatic N) is 5. The highest BCUT2D eigenvalue weighted by Gasteiger charge is 2.29. The summed E-state index contributed by atoms with van der Waals surface area (Å²) in [6.07, 6.45) is 8.56. The molecule has 198 valence electrons. The average Bonchev–Trinajstić information content (AvgIpc) is 3.48. The molecule has 0 amide bonds. The predicted molar refractivity (Wildman–Crippen MR) is 148 cm³/mol. The summed E-state index contributed by atoms with van der Waals surface area (Å²) in [6, 6.07) is 10.4. The summed E-state index contributed by atoms with van der Waals surface area (Å²) in [6.45, 7) is 9.85. The van der Waals surface area contributed by atoms with Crippen LogP contribution in [-0.2, 0) is 6.54 Å². The molecular formula is C29H35N7O2. The van der Waals surface area contributed by atoms with Crippen LogP contribution in [0.25, 0.3) is 28.4 Å². The molecule has 2 aliphatic rings. The van der Waals surface area contributed by atoms with Gasteiger partial charge >= 0.3 is 5.76 Å². The molecule has 4 aromatic rings. The number of aromatic nitrogens is 6. The van der Waals surface area contributed by atoms with Crippen molar-refractivity contribution in [3.05, 3.63) is 58.8 Å². The number of H-pyrrole nitrogens is 1. The average molecular weight is 514 g/mol. The van der Waals surface area contributed by atoms with Gasteiger partial charge in [0.05, 0.1) is 0 Å². The summed E-state index contributed by atoms with van der Waals surface area (Å²) in [5, 5.41) is 7.53. The van der Waals surface area contributed by atoms with E-state index >= 15 is 0 Å². The monoisotopic (exact) mass is 513 g/mol. The van der Waals surface area contributed by atoms with Crippen molar-refractivity contribution in [3.63, 3.8) is 0 Å². The number of hydrogen-bond donors (Lipinski definition) is 2. The number of aromatic amines is 1. The minimum absolute atomic E-state index is 0.190. The summed E-state index contributed by atoms with van der Waals surface area (Å²) in [4.78, 5) is 28.9. The van der Waals surface area contributed by atoms with Crippen molar-refractivity contribution in [2.24, 2.45) is 17.8 Å². The van der Waals surface area contributed by atoms with E-state index in [0.29, 0.717) is 23.3 Å². The van der Waals surface area contributed by atoms with Crippen molar-refractivity contribution in [2.45, 2.75) is 71.4 Å². The zero-order valence-corrected chi connectivity index (χ0v) is 22.1. The zero-order chi connectivity index (χ0) is 26.2. The Kier molecular flexibility index (Phi) is 6.59. The second kappa shape index (κ2) is 10.2. The number of nitrogens with one attached hydrogen (secondary N) is 2. The fourth-order valence-corrected chi connectivity index (χ4v) is 5.79. The van der Waals surface area contributed by atoms with E-state index in [2.05, 4.69) is 52.6 Å². The summed E-state index contributed by atoms with van der Waals surface area (Å²) in [5.74, 6) is 3.26. The van der Waals surface area contributed by atoms with Crippen LogP contribution in [0.1, 0.15) is 70.2 Å². The lowest BCUT2D eigenvalue weighted by Crippen LogP contribution is -2.31. The largest absolute Gasteiger partial charge is 0.439 e. The maximum absolute atomic E-state index is 11.7. The van der Waals surface area contributed by atoms with Gasteiger partial charge in [-0.2, -0.15) is 0 Å². The first kappa shape index (κ1) is 24.6. The summed E-state index contributed by atoms with van der Waals surface area (Å²) < 4.78 is 7.02. The van der Waals surface area contributed by atoms with Crippen LogP contribution in [-0.4, -0.2) is 35.7 Å². The molecule has 3 aromatic heterocycles. The van der Waals surface area contributed by atoms with Crippen LogP contribution in [0, 0.1) is 17.8 Å². The lowest BCUT2D eigenvalue weighted by Gasteiger charge is -2.32. The predicted octanol–water partition coefficient (Wildman–Crippen LogP) is 5.66. The Labute approximate surface area is 221 Å². The summed E-state index contributed by atoms with van der Waals surface area (Å²) in [5.41, 5.74) is 3.30. The van der Waals surface area contributed by atoms with E-state index in [1.165, 1.54) is 44.9 Å². The van der Waals surface area contributed by atoms with Crippen LogP contribution in [0.2, 0.25) is 0 Å². The first-order valence-corrected chi connectivity index (χ1v) is 13.8. The first-order valence-electron chi connectivity index (χ1n) is 13.8. The van der Waals surface area contributed by atoms with Crippen molar-refractivity contribution < 1.29 is 4.52 Å². The van der Waals surface area contributed by atoms with Gasteiger partial charge in [0.1, 0.15) is 11.3 Å². The molecule has 2 saturated carbocycles. The number of anilines is 1. The van der Waals surface area contributed by atoms with Gasteiger partial charge in [-0.05, 0) is 55.9 Å². The molecule has 2 fully saturated rings. The highest BCUT2D eigenvalue weighted by atomic mass is 16.5. The van der Waals surface area contributed by atoms with Crippen molar-refractivity contribution in [1.82, 2.24) is 29.7 Å². The van der Waals surface area contributed by atoms with Crippen LogP contribution in [0.4, 0.5) is 5.82 Å². The SMILES string of the molecule is C=C(c1ccccc1)c1nc2nc(-c3noc(=O)[nH]3)nc(N[C@H](C)C3CCC3)c2n1C[C@H]1CC[C@H](C)CC1. The van der Waals surface area contributed by atoms with Gasteiger partial charge in [-0.3, -0.25) is 9.51 Å². The summed E-state index contributed by atoms with van der Waals surface area (Å²) >= 11 is 0. The number of rotatable bonds is 8. The van der Waals surface area contributed by atoms with Gasteiger partial charge in [0, 0.05) is 18.2 Å². The molecule has 0 radical (unpaired) electrons. The Bertz CT molecular complexity index is 1490. The molecule has 1 aromatic carbocycles. The maximum Gasteiger partial charge on any atom is 0.439 e. The van der Waals surface area contributed by atoms with Gasteiger partial charge in [-0.1, -0.05) is 68.3 Å². The van der Waals surface area contributed by atoms with Crippen LogP contribution >= 0.6 is 0 Å². The van der Waals surface area contributed by atoms with Gasteiger partial charge in [-0.15, -0.1) is 0 Å². The van der Waals surface area contributed by atoms with Gasteiger partial charge in [0.25, 0.3) is 0 Å². The third kappa shape index (κ3) is 4.77. The van der Waals surface area contributed by atoms with E-state index in [1.54, 1.807) is 0 Å². The van der Waals surface area contributed by atoms with E-state index in [9.17, 15) is 4.79 Å². The molecule has 0 saturated heterocycles. The smallest absolute Gasteiger partial charge is 0.365 e. The quantitative estimate of drug-likeness (QED) is 0.312. The van der Waals surface area contributed by atoms with E-state index in [1.807, 2.05) is 18.2 Å². The molecule has 0 unspecified atom stereocenters. The molecule has 1 atom stereocenters. The van der Waals surface area contributed by atoms with Crippen LogP contribution in [0.3, 0.4) is 0 Å². The molecule has 0 bridgehead atoms. The topological polar surface area (TPSA) is 115 Å². The third-order valence-electron chi connectivity index (χ3n) is 8.44. The number of hydrogen-bond acceptors (Lipinski definition) is 7. The van der Waals surface area contributed by atoms with Crippen LogP contribution in [0.5, 0.6) is 0 Å². The highest BCUT2D eigenvalue weighted by Crippen LogP contribution is 2.36. The van der Waals surface area contributed by atoms with Gasteiger partial charge in [0.15, 0.2) is 11.5 Å². The maximum atomic E-state index is 11.7. The second-order valence-corrected chi connectivity index (χ2v) is 11.2. The second-order valence-electron chi connectivity index (χ2n) is 11.2. The van der Waals surface area contributed by atoms with Crippen LogP contribution < -0.4 is 11.1 Å². The fourth-order valence-electron chi connectivity index (χ4n) is 5.79. The standard InChI is InChI=1S/C29H35N7O2/c1-17-12-14-20(15-13-17)16-36-23-24(30-19(3)22-10-7-11-22)31-26(27-34-29(37)38-35-27)32-25(23)33-28(36)18(2)21-8-5-4-6-9-21/h4-6,8-9,17,19-20,22H,2,7,10-16H2,1,3H3,(H,30,31,32)(H,34,35,37)/t17-,19-,20-/m1/s1. The van der Waals surface area contributed by atoms with Gasteiger partial charge in [-0.25, -0.2) is 19.7 Å². The van der Waals surface area contributed by atoms with Crippen LogP contribution in [0.15, 0.2) is 46.2 Å². The van der Waals surface area contributed by atoms with Crippen molar-refractivity contribution in [1.29, 1.82) is 0 Å². The molecule has 0 spiro atoms. The minimum Gasteiger partial charge on any atom is -0.365 e. The molecule has 2 N–H and O–H groups in total. The molecule has 0 aliphatic heterocycles. The van der Waals surface area contributed by atoms with Gasteiger partial charge < -0.3 is 9.88 Å². The highest BCUT2D eigenvalue weighted by molar-refractivity contribution is 5.89. The first-order chi connectivity index (χ1) is 18.5. The molecule has 9 nitrogen and oxygen atoms in total. The Balaban J connectivity index is 1.50. The zero-order valence-electron chi connectivity index (χ0n) is 22.1. The Morgan fingerprint density at radius 2 is 1.89 bits per heavy atom. The minimum atomic E-state index is -0.642. The molecule has 6 rings (SSSR count). The lowest BCUT2D eigenvalue weighted by molar-refractivity contribution is 0.266. The summed E-state index contributed by atoms with van der Waals surface area (Å²) in [7, 11) is 0. The Morgan fingerprint density at radius 3 is 2.55 bits per heavy atom. The molecular weight excluding hydrogens is 478 g/mol. The number of benzene rings is 1. The number of imidazole rings is 1. The van der Waals surface area contributed by atoms with E-state index in [4.69, 9.17) is 19.5 Å². The van der Waals surface area contributed by atoms with Crippen molar-refractivity contribution >= 4 is 22.6 Å². The molecule has 9 heteroatoms. The van der Waals surface area contributed by atoms with E-state index in [-0.39, 0.29) is 17.7 Å². The third-order valence-corrected chi connectivity index (χ3v) is 8.44. The Hall–Kier alpha value is -3.75. The van der Waals surface area contributed by atoms with E-state index < -0.39 is 5.76 Å². The van der Waals surface area contributed by atoms with Crippen molar-refractivity contribution in [3.8, 4) is 11.6 Å². The molecule has 2 aliphatic carbocycles.